The molecule has 3 N–H and O–H groups in total. The number of fused-ring (bicyclic) bond motifs is 1. The number of nitrogens with one attached hydrogen (secondary N) is 2. The molecule has 0 fully saturated rings. The molecule has 0 unspecified atom stereocenters. The molecule has 0 amide bonds. The normalized spacial score (nSPS) is 12.3. The minimum absolute atomic E-state index is 0.00506. The number of hydrogen-bond donors (Lipinski definition) is 3. The van der Waals surface area contributed by atoms with Gasteiger partial charge in [-0.05, 0) is 30.2 Å². The summed E-state index contributed by atoms with van der Waals surface area (Å²) in [7, 11) is 1.50. The van der Waals surface area contributed by atoms with E-state index in [0.717, 1.165) is 17.5 Å². The van der Waals surface area contributed by atoms with E-state index >= 15 is 0 Å². The Kier molecular flexibility index (Phi) is 6.83. The highest BCUT2D eigenvalue weighted by molar-refractivity contribution is 5.80. The van der Waals surface area contributed by atoms with E-state index in [2.05, 4.69) is 25.5 Å². The van der Waals surface area contributed by atoms with Crippen molar-refractivity contribution in [2.75, 3.05) is 12.0 Å². The molecule has 0 saturated carbocycles. The second-order valence-electron chi connectivity index (χ2n) is 7.66. The lowest BCUT2D eigenvalue weighted by Crippen LogP contribution is -2.30. The highest BCUT2D eigenvalue weighted by Gasteiger charge is 2.20. The number of hydrogen-bond acceptors (Lipinski definition) is 8. The number of nitrogens with zero attached hydrogens (tertiary/aromatic N) is 5. The number of rotatable bonds is 9. The lowest BCUT2D eigenvalue weighted by molar-refractivity contribution is 0.0938. The molecule has 0 bridgehead atoms. The molecule has 0 spiro atoms. The second-order valence-corrected chi connectivity index (χ2v) is 7.66. The molecule has 0 aliphatic heterocycles. The molecule has 1 atom stereocenters. The van der Waals surface area contributed by atoms with Crippen LogP contribution in [0.5, 0.6) is 5.75 Å². The number of pyridine rings is 1. The van der Waals surface area contributed by atoms with Crippen LogP contribution in [0.3, 0.4) is 0 Å². The van der Waals surface area contributed by atoms with Crippen LogP contribution in [0, 0.1) is 0 Å². The van der Waals surface area contributed by atoms with Gasteiger partial charge in [-0.3, -0.25) is 19.3 Å². The van der Waals surface area contributed by atoms with Crippen LogP contribution in [0.25, 0.3) is 11.2 Å². The van der Waals surface area contributed by atoms with Crippen LogP contribution >= 0.6 is 0 Å². The molecule has 176 valence electrons. The molecule has 11 heteroatoms. The Labute approximate surface area is 194 Å². The van der Waals surface area contributed by atoms with Gasteiger partial charge in [0.15, 0.2) is 11.2 Å². The van der Waals surface area contributed by atoms with Gasteiger partial charge in [-0.25, -0.2) is 10.2 Å². The smallest absolute Gasteiger partial charge is 0.329 e. The Balaban J connectivity index is 1.60. The van der Waals surface area contributed by atoms with E-state index in [1.807, 2.05) is 37.3 Å². The summed E-state index contributed by atoms with van der Waals surface area (Å²) in [5.41, 5.74) is 3.76. The van der Waals surface area contributed by atoms with E-state index in [-0.39, 0.29) is 30.3 Å². The third-order valence-corrected chi connectivity index (χ3v) is 5.21. The molecule has 0 aliphatic carbocycles. The number of aliphatic hydroxyl groups is 1. The van der Waals surface area contributed by atoms with E-state index in [1.54, 1.807) is 24.7 Å². The Bertz CT molecular complexity index is 1420. The second kappa shape index (κ2) is 10.1. The molecule has 34 heavy (non-hydrogen) atoms. The third kappa shape index (κ3) is 5.04. The zero-order chi connectivity index (χ0) is 24.1. The van der Waals surface area contributed by atoms with Gasteiger partial charge in [0, 0.05) is 25.0 Å². The number of benzene rings is 1. The molecule has 0 radical (unpaired) electrons. The summed E-state index contributed by atoms with van der Waals surface area (Å²) in [6.07, 6.45) is 4.73. The maximum Gasteiger partial charge on any atom is 0.329 e. The Morgan fingerprint density at radius 1 is 1.29 bits per heavy atom. The van der Waals surface area contributed by atoms with Crippen molar-refractivity contribution in [2.24, 2.45) is 12.1 Å². The monoisotopic (exact) mass is 463 g/mol. The van der Waals surface area contributed by atoms with Gasteiger partial charge in [0.2, 0.25) is 5.95 Å². The molecule has 3 heterocycles. The maximum atomic E-state index is 12.6. The Hall–Kier alpha value is -4.25. The van der Waals surface area contributed by atoms with Gasteiger partial charge in [0.1, 0.15) is 18.5 Å². The fourth-order valence-corrected chi connectivity index (χ4v) is 3.43. The fourth-order valence-electron chi connectivity index (χ4n) is 3.43. The molecule has 11 nitrogen and oxygen atoms in total. The lowest BCUT2D eigenvalue weighted by atomic mass is 10.2. The number of ether oxygens (including phenoxy) is 1. The fraction of sp³-hybridized carbons (Fsp3) is 0.261. The highest BCUT2D eigenvalue weighted by Crippen LogP contribution is 2.18. The van der Waals surface area contributed by atoms with Crippen LogP contribution in [0.4, 0.5) is 5.95 Å². The van der Waals surface area contributed by atoms with Crippen molar-refractivity contribution >= 4 is 23.3 Å². The van der Waals surface area contributed by atoms with Crippen LogP contribution < -0.4 is 21.4 Å². The van der Waals surface area contributed by atoms with Crippen LogP contribution in [-0.2, 0) is 20.0 Å². The van der Waals surface area contributed by atoms with Crippen LogP contribution in [0.15, 0.2) is 63.5 Å². The highest BCUT2D eigenvalue weighted by atomic mass is 16.5. The number of hydrazone groups is 1. The number of imidazole rings is 1. The number of aromatic amines is 1. The first-order chi connectivity index (χ1) is 16.5. The van der Waals surface area contributed by atoms with E-state index in [4.69, 9.17) is 4.74 Å². The minimum Gasteiger partial charge on any atom is -0.491 e. The molecule has 4 rings (SSSR count). The summed E-state index contributed by atoms with van der Waals surface area (Å²) in [6.45, 7) is 2.03. The number of H-pyrrole nitrogens is 1. The number of aryl methyl sites for hydroxylation is 2. The SMILES string of the molecule is CCc1cccc(OC[C@@H](O)Cn2c(NN=Cc3cccnc3)nc3c2c(=O)[nH]c(=O)n3C)c1. The summed E-state index contributed by atoms with van der Waals surface area (Å²) in [4.78, 5) is 35.3. The summed E-state index contributed by atoms with van der Waals surface area (Å²) in [5.74, 6) is 0.836. The summed E-state index contributed by atoms with van der Waals surface area (Å²) in [6, 6.07) is 11.2. The topological polar surface area (TPSA) is 139 Å². The van der Waals surface area contributed by atoms with E-state index < -0.39 is 17.4 Å². The first-order valence-electron chi connectivity index (χ1n) is 10.7. The first kappa shape index (κ1) is 22.9. The summed E-state index contributed by atoms with van der Waals surface area (Å²) in [5, 5.41) is 14.8. The number of anilines is 1. The predicted molar refractivity (Wildman–Crippen MR) is 128 cm³/mol. The van der Waals surface area contributed by atoms with Crippen LogP contribution in [0.2, 0.25) is 0 Å². The van der Waals surface area contributed by atoms with Crippen molar-refractivity contribution in [2.45, 2.75) is 26.0 Å². The quantitative estimate of drug-likeness (QED) is 0.251. The summed E-state index contributed by atoms with van der Waals surface area (Å²) >= 11 is 0. The summed E-state index contributed by atoms with van der Waals surface area (Å²) < 4.78 is 8.44. The molecule has 4 aromatic rings. The standard InChI is InChI=1S/C23H25N7O4/c1-3-15-6-4-8-18(10-15)34-14-17(31)13-30-19-20(29(2)23(33)27-21(19)32)26-22(30)28-25-12-16-7-5-9-24-11-16/h4-12,17,31H,3,13-14H2,1-2H3,(H,26,28)(H,27,32,33)/t17-/m0/s1. The van der Waals surface area contributed by atoms with Gasteiger partial charge in [0.05, 0.1) is 12.8 Å². The molecule has 0 saturated heterocycles. The predicted octanol–water partition coefficient (Wildman–Crippen LogP) is 1.27. The van der Waals surface area contributed by atoms with Crippen molar-refractivity contribution in [1.29, 1.82) is 0 Å². The van der Waals surface area contributed by atoms with Gasteiger partial charge in [-0.15, -0.1) is 0 Å². The zero-order valence-corrected chi connectivity index (χ0v) is 18.8. The van der Waals surface area contributed by atoms with Crippen molar-refractivity contribution in [3.05, 3.63) is 80.8 Å². The van der Waals surface area contributed by atoms with Crippen molar-refractivity contribution < 1.29 is 9.84 Å². The van der Waals surface area contributed by atoms with Gasteiger partial charge < -0.3 is 14.4 Å². The molecular weight excluding hydrogens is 438 g/mol. The minimum atomic E-state index is -0.970. The van der Waals surface area contributed by atoms with Crippen molar-refractivity contribution in [3.8, 4) is 5.75 Å². The van der Waals surface area contributed by atoms with E-state index in [9.17, 15) is 14.7 Å². The molecule has 0 aliphatic rings. The molecular formula is C23H25N7O4. The third-order valence-electron chi connectivity index (χ3n) is 5.21. The van der Waals surface area contributed by atoms with E-state index in [0.29, 0.717) is 5.75 Å². The van der Waals surface area contributed by atoms with Gasteiger partial charge in [-0.1, -0.05) is 25.1 Å². The average molecular weight is 463 g/mol. The average Bonchev–Trinajstić information content (AvgIpc) is 3.20. The first-order valence-corrected chi connectivity index (χ1v) is 10.7. The zero-order valence-electron chi connectivity index (χ0n) is 18.8. The molecule has 3 aromatic heterocycles. The van der Waals surface area contributed by atoms with Gasteiger partial charge in [0.25, 0.3) is 5.56 Å². The Morgan fingerprint density at radius 2 is 2.15 bits per heavy atom. The van der Waals surface area contributed by atoms with E-state index in [1.165, 1.54) is 16.2 Å². The van der Waals surface area contributed by atoms with Crippen LogP contribution in [0.1, 0.15) is 18.1 Å². The van der Waals surface area contributed by atoms with Crippen LogP contribution in [-0.4, -0.2) is 48.1 Å². The molecule has 1 aromatic carbocycles. The van der Waals surface area contributed by atoms with Gasteiger partial charge in [-0.2, -0.15) is 10.1 Å². The van der Waals surface area contributed by atoms with Crippen molar-refractivity contribution in [3.63, 3.8) is 0 Å². The largest absolute Gasteiger partial charge is 0.491 e. The van der Waals surface area contributed by atoms with Gasteiger partial charge >= 0.3 is 5.69 Å². The maximum absolute atomic E-state index is 12.6. The lowest BCUT2D eigenvalue weighted by Gasteiger charge is -2.15. The van der Waals surface area contributed by atoms with Crippen molar-refractivity contribution in [1.82, 2.24) is 24.1 Å². The number of aromatic nitrogens is 5. The Morgan fingerprint density at radius 3 is 2.91 bits per heavy atom. The number of aliphatic hydroxyl groups excluding tert-OH is 1.